The topological polar surface area (TPSA) is 72.7 Å². The molecule has 0 N–H and O–H groups in total. The van der Waals surface area contributed by atoms with E-state index in [4.69, 9.17) is 21.1 Å². The highest BCUT2D eigenvalue weighted by Crippen LogP contribution is 2.14. The highest BCUT2D eigenvalue weighted by Gasteiger charge is 2.24. The van der Waals surface area contributed by atoms with Crippen LogP contribution in [0.15, 0.2) is 30.5 Å². The highest BCUT2D eigenvalue weighted by molar-refractivity contribution is 6.30. The maximum atomic E-state index is 12.8. The Balaban J connectivity index is 1.50. The van der Waals surface area contributed by atoms with Crippen LogP contribution in [-0.4, -0.2) is 76.4 Å². The zero-order valence-corrected chi connectivity index (χ0v) is 17.7. The number of piperazine rings is 1. The van der Waals surface area contributed by atoms with Crippen molar-refractivity contribution in [2.75, 3.05) is 39.4 Å². The lowest BCUT2D eigenvalue weighted by atomic mass is 10.2. The average Bonchev–Trinajstić information content (AvgIpc) is 3.19. The maximum Gasteiger partial charge on any atom is 0.276 e. The molecule has 1 fully saturated rings. The molecule has 0 atom stereocenters. The molecule has 158 valence electrons. The van der Waals surface area contributed by atoms with Gasteiger partial charge in [-0.25, -0.2) is 4.68 Å². The van der Waals surface area contributed by atoms with Crippen molar-refractivity contribution in [2.45, 2.75) is 33.2 Å². The number of benzene rings is 1. The smallest absolute Gasteiger partial charge is 0.276 e. The summed E-state index contributed by atoms with van der Waals surface area (Å²) in [7, 11) is 0. The molecule has 1 aliphatic heterocycles. The van der Waals surface area contributed by atoms with E-state index in [1.807, 2.05) is 43.0 Å². The van der Waals surface area contributed by atoms with Gasteiger partial charge in [-0.1, -0.05) is 28.9 Å². The van der Waals surface area contributed by atoms with Gasteiger partial charge in [-0.05, 0) is 31.5 Å². The molecule has 1 saturated heterocycles. The number of ether oxygens (including phenoxy) is 2. The van der Waals surface area contributed by atoms with Crippen LogP contribution in [0.4, 0.5) is 0 Å². The lowest BCUT2D eigenvalue weighted by Crippen LogP contribution is -2.48. The van der Waals surface area contributed by atoms with Gasteiger partial charge in [0.1, 0.15) is 0 Å². The summed E-state index contributed by atoms with van der Waals surface area (Å²) in [6.45, 7) is 9.14. The fourth-order valence-corrected chi connectivity index (χ4v) is 3.41. The van der Waals surface area contributed by atoms with Gasteiger partial charge in [-0.2, -0.15) is 0 Å². The number of hydrogen-bond acceptors (Lipinski definition) is 6. The Labute approximate surface area is 176 Å². The van der Waals surface area contributed by atoms with E-state index >= 15 is 0 Å². The van der Waals surface area contributed by atoms with Crippen molar-refractivity contribution < 1.29 is 14.3 Å². The van der Waals surface area contributed by atoms with E-state index < -0.39 is 6.29 Å². The summed E-state index contributed by atoms with van der Waals surface area (Å²) in [5, 5.41) is 8.84. The summed E-state index contributed by atoms with van der Waals surface area (Å²) in [5.74, 6) is -0.0910. The third kappa shape index (κ3) is 6.24. The molecule has 0 bridgehead atoms. The molecular weight excluding hydrogens is 394 g/mol. The number of rotatable bonds is 9. The van der Waals surface area contributed by atoms with Crippen LogP contribution >= 0.6 is 11.6 Å². The predicted molar refractivity (Wildman–Crippen MR) is 110 cm³/mol. The third-order valence-electron chi connectivity index (χ3n) is 4.78. The van der Waals surface area contributed by atoms with E-state index in [1.165, 1.54) is 5.56 Å². The van der Waals surface area contributed by atoms with Gasteiger partial charge < -0.3 is 14.4 Å². The first-order valence-electron chi connectivity index (χ1n) is 9.98. The highest BCUT2D eigenvalue weighted by atomic mass is 35.5. The number of amides is 1. The van der Waals surface area contributed by atoms with E-state index in [-0.39, 0.29) is 5.91 Å². The Morgan fingerprint density at radius 1 is 1.10 bits per heavy atom. The fourth-order valence-electron chi connectivity index (χ4n) is 3.28. The van der Waals surface area contributed by atoms with Crippen molar-refractivity contribution in [3.05, 3.63) is 46.7 Å². The van der Waals surface area contributed by atoms with E-state index in [9.17, 15) is 4.79 Å². The molecule has 0 spiro atoms. The summed E-state index contributed by atoms with van der Waals surface area (Å²) in [4.78, 5) is 16.9. The summed E-state index contributed by atoms with van der Waals surface area (Å²) >= 11 is 5.94. The maximum absolute atomic E-state index is 12.8. The van der Waals surface area contributed by atoms with Gasteiger partial charge in [-0.3, -0.25) is 9.69 Å². The zero-order chi connectivity index (χ0) is 20.6. The fraction of sp³-hybridized carbons (Fsp3) is 0.550. The molecule has 0 radical (unpaired) electrons. The predicted octanol–water partition coefficient (Wildman–Crippen LogP) is 2.29. The Morgan fingerprint density at radius 3 is 2.38 bits per heavy atom. The zero-order valence-electron chi connectivity index (χ0n) is 17.0. The van der Waals surface area contributed by atoms with Crippen molar-refractivity contribution in [3.63, 3.8) is 0 Å². The lowest BCUT2D eigenvalue weighted by Gasteiger charge is -2.34. The van der Waals surface area contributed by atoms with Gasteiger partial charge in [-0.15, -0.1) is 5.10 Å². The Morgan fingerprint density at radius 2 is 1.76 bits per heavy atom. The van der Waals surface area contributed by atoms with Gasteiger partial charge in [0, 0.05) is 51.0 Å². The largest absolute Gasteiger partial charge is 0.351 e. The van der Waals surface area contributed by atoms with Gasteiger partial charge in [0.05, 0.1) is 12.7 Å². The van der Waals surface area contributed by atoms with Crippen molar-refractivity contribution >= 4 is 17.5 Å². The molecule has 0 saturated carbocycles. The second kappa shape index (κ2) is 10.7. The van der Waals surface area contributed by atoms with Gasteiger partial charge in [0.15, 0.2) is 12.0 Å². The Hall–Kier alpha value is -2.00. The van der Waals surface area contributed by atoms with Crippen LogP contribution in [0.5, 0.6) is 0 Å². The molecule has 2 heterocycles. The number of aromatic nitrogens is 3. The summed E-state index contributed by atoms with van der Waals surface area (Å²) < 4.78 is 12.6. The molecule has 0 aliphatic carbocycles. The lowest BCUT2D eigenvalue weighted by molar-refractivity contribution is -0.145. The normalized spacial score (nSPS) is 15.2. The van der Waals surface area contributed by atoms with Crippen LogP contribution in [0.2, 0.25) is 5.02 Å². The molecule has 1 amide bonds. The molecule has 1 aliphatic rings. The Bertz CT molecular complexity index is 769. The third-order valence-corrected chi connectivity index (χ3v) is 5.03. The molecule has 1 aromatic heterocycles. The number of halogens is 1. The minimum atomic E-state index is -0.397. The summed E-state index contributed by atoms with van der Waals surface area (Å²) in [6, 6.07) is 7.88. The van der Waals surface area contributed by atoms with Crippen molar-refractivity contribution in [2.24, 2.45) is 0 Å². The molecule has 9 heteroatoms. The standard InChI is InChI=1S/C20H28ClN5O3/c1-3-28-19(29-4-2)15-26-14-18(22-23-26)20(27)25-11-9-24(10-12-25)13-16-5-7-17(21)8-6-16/h5-8,14,19H,3-4,9-13,15H2,1-2H3. The second-order valence-corrected chi connectivity index (χ2v) is 7.30. The van der Waals surface area contributed by atoms with Crippen LogP contribution < -0.4 is 0 Å². The van der Waals surface area contributed by atoms with Crippen LogP contribution in [0.25, 0.3) is 0 Å². The van der Waals surface area contributed by atoms with Crippen LogP contribution in [-0.2, 0) is 22.6 Å². The minimum absolute atomic E-state index is 0.0910. The van der Waals surface area contributed by atoms with Gasteiger partial charge in [0.25, 0.3) is 5.91 Å². The average molecular weight is 422 g/mol. The second-order valence-electron chi connectivity index (χ2n) is 6.86. The number of carbonyl (C=O) groups is 1. The summed E-state index contributed by atoms with van der Waals surface area (Å²) in [6.07, 6.45) is 1.26. The monoisotopic (exact) mass is 421 g/mol. The SMILES string of the molecule is CCOC(Cn1cc(C(=O)N2CCN(Cc3ccc(Cl)cc3)CC2)nn1)OCC. The van der Waals surface area contributed by atoms with Crippen LogP contribution in [0, 0.1) is 0 Å². The molecule has 1 aromatic carbocycles. The molecule has 8 nitrogen and oxygen atoms in total. The molecule has 29 heavy (non-hydrogen) atoms. The van der Waals surface area contributed by atoms with E-state index in [1.54, 1.807) is 10.9 Å². The van der Waals surface area contributed by atoms with Crippen molar-refractivity contribution in [1.29, 1.82) is 0 Å². The molecule has 2 aromatic rings. The van der Waals surface area contributed by atoms with E-state index in [0.717, 1.165) is 24.7 Å². The van der Waals surface area contributed by atoms with Crippen molar-refractivity contribution in [1.82, 2.24) is 24.8 Å². The molecule has 0 unspecified atom stereocenters. The quantitative estimate of drug-likeness (QED) is 0.578. The van der Waals surface area contributed by atoms with Crippen molar-refractivity contribution in [3.8, 4) is 0 Å². The Kier molecular flexibility index (Phi) is 8.00. The minimum Gasteiger partial charge on any atom is -0.351 e. The first-order chi connectivity index (χ1) is 14.1. The number of nitrogens with zero attached hydrogens (tertiary/aromatic N) is 5. The van der Waals surface area contributed by atoms with Gasteiger partial charge in [0.2, 0.25) is 0 Å². The summed E-state index contributed by atoms with van der Waals surface area (Å²) in [5.41, 5.74) is 1.57. The van der Waals surface area contributed by atoms with Gasteiger partial charge >= 0.3 is 0 Å². The van der Waals surface area contributed by atoms with Crippen LogP contribution in [0.1, 0.15) is 29.9 Å². The first-order valence-corrected chi connectivity index (χ1v) is 10.4. The number of hydrogen-bond donors (Lipinski definition) is 0. The van der Waals surface area contributed by atoms with Crippen LogP contribution in [0.3, 0.4) is 0 Å². The first kappa shape index (κ1) is 21.7. The van der Waals surface area contributed by atoms with E-state index in [0.29, 0.717) is 38.5 Å². The van der Waals surface area contributed by atoms with E-state index in [2.05, 4.69) is 15.2 Å². The molecular formula is C20H28ClN5O3. The molecule has 3 rings (SSSR count). The number of carbonyl (C=O) groups excluding carboxylic acids is 1.